The molecule has 0 heterocycles. The molecular formula is C28H34N2O4S. The highest BCUT2D eigenvalue weighted by Crippen LogP contribution is 2.32. The third-order valence-electron chi connectivity index (χ3n) is 6.21. The van der Waals surface area contributed by atoms with Gasteiger partial charge in [-0.3, -0.25) is 9.10 Å². The summed E-state index contributed by atoms with van der Waals surface area (Å²) in [7, 11) is -0.602. The Hall–Kier alpha value is -3.32. The minimum atomic E-state index is -3.75. The van der Waals surface area contributed by atoms with Gasteiger partial charge >= 0.3 is 0 Å². The number of carbonyl (C=O) groups is 1. The topological polar surface area (TPSA) is 75.7 Å². The molecule has 35 heavy (non-hydrogen) atoms. The van der Waals surface area contributed by atoms with Gasteiger partial charge in [-0.1, -0.05) is 37.6 Å². The average Bonchev–Trinajstić information content (AvgIpc) is 2.83. The van der Waals surface area contributed by atoms with Crippen molar-refractivity contribution in [3.63, 3.8) is 0 Å². The number of amides is 1. The zero-order valence-corrected chi connectivity index (χ0v) is 22.2. The van der Waals surface area contributed by atoms with Crippen molar-refractivity contribution in [1.29, 1.82) is 0 Å². The van der Waals surface area contributed by atoms with Gasteiger partial charge in [0.2, 0.25) is 0 Å². The van der Waals surface area contributed by atoms with E-state index < -0.39 is 10.0 Å². The second-order valence-electron chi connectivity index (χ2n) is 9.14. The molecule has 0 bridgehead atoms. The van der Waals surface area contributed by atoms with E-state index in [1.54, 1.807) is 55.6 Å². The van der Waals surface area contributed by atoms with Crippen LogP contribution in [0.1, 0.15) is 65.3 Å². The van der Waals surface area contributed by atoms with Gasteiger partial charge in [-0.2, -0.15) is 0 Å². The number of rotatable bonds is 8. The third-order valence-corrected chi connectivity index (χ3v) is 8.01. The van der Waals surface area contributed by atoms with Crippen LogP contribution in [0.3, 0.4) is 0 Å². The van der Waals surface area contributed by atoms with Crippen LogP contribution >= 0.6 is 0 Å². The van der Waals surface area contributed by atoms with Crippen LogP contribution in [0.25, 0.3) is 0 Å². The molecule has 1 atom stereocenters. The third kappa shape index (κ3) is 5.68. The maximum Gasteiger partial charge on any atom is 0.264 e. The number of sulfonamides is 1. The van der Waals surface area contributed by atoms with Crippen molar-refractivity contribution in [2.45, 2.75) is 51.5 Å². The minimum absolute atomic E-state index is 0.199. The number of aryl methyl sites for hydroxylation is 2. The standard InChI is InChI=1S/C28H34N2O4S/c1-18(2)25-17-26(20(4)15-27(25)34-7)21(5)29-28(31)22-9-8-10-23(16-22)30(6)35(32,33)24-13-11-19(3)12-14-24/h8-18,21H,1-7H3,(H,29,31)/t21-/m1/s1. The summed E-state index contributed by atoms with van der Waals surface area (Å²) in [5.74, 6) is 0.835. The number of benzene rings is 3. The molecule has 1 N–H and O–H groups in total. The molecule has 0 aromatic heterocycles. The van der Waals surface area contributed by atoms with E-state index >= 15 is 0 Å². The quantitative estimate of drug-likeness (QED) is 0.433. The summed E-state index contributed by atoms with van der Waals surface area (Å²) >= 11 is 0. The Morgan fingerprint density at radius 2 is 1.60 bits per heavy atom. The Labute approximate surface area is 209 Å². The lowest BCUT2D eigenvalue weighted by Crippen LogP contribution is -2.29. The molecule has 3 aromatic carbocycles. The molecule has 3 rings (SSSR count). The van der Waals surface area contributed by atoms with Crippen LogP contribution < -0.4 is 14.4 Å². The van der Waals surface area contributed by atoms with E-state index in [1.165, 1.54) is 11.4 Å². The van der Waals surface area contributed by atoms with Gasteiger partial charge in [0.15, 0.2) is 0 Å². The molecule has 0 saturated heterocycles. The summed E-state index contributed by atoms with van der Waals surface area (Å²) in [6, 6.07) is 17.2. The maximum absolute atomic E-state index is 13.1. The van der Waals surface area contributed by atoms with Gasteiger partial charge in [0.25, 0.3) is 15.9 Å². The second kappa shape index (κ2) is 10.5. The summed E-state index contributed by atoms with van der Waals surface area (Å²) in [6.07, 6.45) is 0. The van der Waals surface area contributed by atoms with Crippen molar-refractivity contribution in [1.82, 2.24) is 5.32 Å². The fourth-order valence-electron chi connectivity index (χ4n) is 4.02. The molecule has 6 nitrogen and oxygen atoms in total. The number of hydrogen-bond donors (Lipinski definition) is 1. The molecule has 7 heteroatoms. The van der Waals surface area contributed by atoms with Gasteiger partial charge in [-0.05, 0) is 85.8 Å². The Bertz CT molecular complexity index is 1320. The number of nitrogens with zero attached hydrogens (tertiary/aromatic N) is 1. The van der Waals surface area contributed by atoms with Crippen LogP contribution in [0.2, 0.25) is 0 Å². The largest absolute Gasteiger partial charge is 0.496 e. The lowest BCUT2D eigenvalue weighted by Gasteiger charge is -2.22. The van der Waals surface area contributed by atoms with Gasteiger partial charge in [0, 0.05) is 12.6 Å². The molecule has 186 valence electrons. The van der Waals surface area contributed by atoms with Crippen LogP contribution in [-0.4, -0.2) is 28.5 Å². The fourth-order valence-corrected chi connectivity index (χ4v) is 5.21. The summed E-state index contributed by atoms with van der Waals surface area (Å²) in [5.41, 5.74) is 4.89. The number of methoxy groups -OCH3 is 1. The zero-order valence-electron chi connectivity index (χ0n) is 21.4. The van der Waals surface area contributed by atoms with Gasteiger partial charge in [0.05, 0.1) is 23.7 Å². The molecule has 3 aromatic rings. The van der Waals surface area contributed by atoms with E-state index in [2.05, 4.69) is 25.2 Å². The highest BCUT2D eigenvalue weighted by atomic mass is 32.2. The van der Waals surface area contributed by atoms with Crippen molar-refractivity contribution in [2.75, 3.05) is 18.5 Å². The Morgan fingerprint density at radius 3 is 2.20 bits per heavy atom. The first-order chi connectivity index (χ1) is 16.4. The highest BCUT2D eigenvalue weighted by Gasteiger charge is 2.23. The van der Waals surface area contributed by atoms with Crippen molar-refractivity contribution in [3.8, 4) is 5.75 Å². The smallest absolute Gasteiger partial charge is 0.264 e. The predicted molar refractivity (Wildman–Crippen MR) is 141 cm³/mol. The zero-order chi connectivity index (χ0) is 25.9. The number of ether oxygens (including phenoxy) is 1. The van der Waals surface area contributed by atoms with Crippen LogP contribution in [0.4, 0.5) is 5.69 Å². The number of anilines is 1. The van der Waals surface area contributed by atoms with Crippen molar-refractivity contribution in [2.24, 2.45) is 0 Å². The Kier molecular flexibility index (Phi) is 7.90. The molecule has 0 aliphatic carbocycles. The lowest BCUT2D eigenvalue weighted by molar-refractivity contribution is 0.0940. The molecule has 0 fully saturated rings. The highest BCUT2D eigenvalue weighted by molar-refractivity contribution is 7.92. The van der Waals surface area contributed by atoms with E-state index in [4.69, 9.17) is 4.74 Å². The van der Waals surface area contributed by atoms with Crippen molar-refractivity contribution in [3.05, 3.63) is 88.5 Å². The molecule has 0 radical (unpaired) electrons. The van der Waals surface area contributed by atoms with E-state index in [-0.39, 0.29) is 22.8 Å². The number of hydrogen-bond acceptors (Lipinski definition) is 4. The molecule has 1 amide bonds. The molecule has 0 aliphatic heterocycles. The molecule has 0 saturated carbocycles. The number of carbonyl (C=O) groups excluding carboxylic acids is 1. The fraction of sp³-hybridized carbons (Fsp3) is 0.321. The van der Waals surface area contributed by atoms with Crippen molar-refractivity contribution < 1.29 is 17.9 Å². The van der Waals surface area contributed by atoms with Gasteiger partial charge in [0.1, 0.15) is 5.75 Å². The van der Waals surface area contributed by atoms with Gasteiger partial charge in [-0.15, -0.1) is 0 Å². The Morgan fingerprint density at radius 1 is 0.943 bits per heavy atom. The summed E-state index contributed by atoms with van der Waals surface area (Å²) < 4.78 is 32.9. The van der Waals surface area contributed by atoms with E-state index in [0.717, 1.165) is 28.0 Å². The summed E-state index contributed by atoms with van der Waals surface area (Å²) in [4.78, 5) is 13.3. The normalized spacial score (nSPS) is 12.3. The summed E-state index contributed by atoms with van der Waals surface area (Å²) in [6.45, 7) is 10.0. The predicted octanol–water partition coefficient (Wildman–Crippen LogP) is 5.75. The van der Waals surface area contributed by atoms with E-state index in [1.807, 2.05) is 26.8 Å². The van der Waals surface area contributed by atoms with Crippen LogP contribution in [0, 0.1) is 13.8 Å². The average molecular weight is 495 g/mol. The van der Waals surface area contributed by atoms with E-state index in [0.29, 0.717) is 11.3 Å². The van der Waals surface area contributed by atoms with E-state index in [9.17, 15) is 13.2 Å². The van der Waals surface area contributed by atoms with Crippen LogP contribution in [-0.2, 0) is 10.0 Å². The first-order valence-electron chi connectivity index (χ1n) is 11.6. The van der Waals surface area contributed by atoms with Crippen LogP contribution in [0.5, 0.6) is 5.75 Å². The molecule has 0 aliphatic rings. The Balaban J connectivity index is 1.84. The monoisotopic (exact) mass is 494 g/mol. The molecular weight excluding hydrogens is 460 g/mol. The molecule has 0 spiro atoms. The summed E-state index contributed by atoms with van der Waals surface area (Å²) in [5, 5.41) is 3.05. The first-order valence-corrected chi connectivity index (χ1v) is 13.0. The first kappa shape index (κ1) is 26.3. The lowest BCUT2D eigenvalue weighted by atomic mass is 9.93. The van der Waals surface area contributed by atoms with Crippen LogP contribution in [0.15, 0.2) is 65.6 Å². The van der Waals surface area contributed by atoms with Crippen molar-refractivity contribution >= 4 is 21.6 Å². The number of nitrogens with one attached hydrogen (secondary N) is 1. The van der Waals surface area contributed by atoms with Gasteiger partial charge < -0.3 is 10.1 Å². The SMILES string of the molecule is COc1cc(C)c([C@@H](C)NC(=O)c2cccc(N(C)S(=O)(=O)c3ccc(C)cc3)c2)cc1C(C)C. The second-order valence-corrected chi connectivity index (χ2v) is 11.1. The van der Waals surface area contributed by atoms with Gasteiger partial charge in [-0.25, -0.2) is 8.42 Å². The maximum atomic E-state index is 13.1. The molecule has 0 unspecified atom stereocenters. The minimum Gasteiger partial charge on any atom is -0.496 e.